The molecule has 0 radical (unpaired) electrons. The molecule has 18 heavy (non-hydrogen) atoms. The molecule has 1 aromatic carbocycles. The van der Waals surface area contributed by atoms with Crippen LogP contribution in [0.25, 0.3) is 16.8 Å². The molecule has 0 saturated carbocycles. The highest BCUT2D eigenvalue weighted by Crippen LogP contribution is 2.27. The van der Waals surface area contributed by atoms with Crippen molar-refractivity contribution < 1.29 is 0 Å². The zero-order valence-corrected chi connectivity index (χ0v) is 13.0. The first kappa shape index (κ1) is 12.2. The molecule has 0 atom stereocenters. The number of hydrogen-bond donors (Lipinski definition) is 0. The summed E-state index contributed by atoms with van der Waals surface area (Å²) >= 11 is 12.9. The van der Waals surface area contributed by atoms with Crippen LogP contribution in [0.4, 0.5) is 0 Å². The van der Waals surface area contributed by atoms with Crippen LogP contribution in [0.3, 0.4) is 0 Å². The molecule has 0 spiro atoms. The van der Waals surface area contributed by atoms with Gasteiger partial charge in [-0.25, -0.2) is 4.52 Å². The lowest BCUT2D eigenvalue weighted by atomic mass is 10.1. The number of benzene rings is 1. The maximum Gasteiger partial charge on any atom is 0.0934 e. The molecule has 2 aromatic heterocycles. The first-order valence-electron chi connectivity index (χ1n) is 5.24. The van der Waals surface area contributed by atoms with Gasteiger partial charge in [0.2, 0.25) is 0 Å². The van der Waals surface area contributed by atoms with Gasteiger partial charge in [0.1, 0.15) is 0 Å². The van der Waals surface area contributed by atoms with Crippen LogP contribution in [0.5, 0.6) is 0 Å². The highest BCUT2D eigenvalue weighted by Gasteiger charge is 2.07. The van der Waals surface area contributed by atoms with E-state index in [1.54, 1.807) is 0 Å². The fourth-order valence-electron chi connectivity index (χ4n) is 1.78. The molecule has 3 rings (SSSR count). The minimum Gasteiger partial charge on any atom is -0.238 e. The molecular formula is C13H7Br2ClN2. The second-order valence-corrected chi connectivity index (χ2v) is 6.08. The Labute approximate surface area is 126 Å². The van der Waals surface area contributed by atoms with Crippen molar-refractivity contribution in [2.75, 3.05) is 0 Å². The molecular weight excluding hydrogens is 379 g/mol. The molecule has 0 fully saturated rings. The number of halogens is 3. The summed E-state index contributed by atoms with van der Waals surface area (Å²) in [6.45, 7) is 0. The first-order chi connectivity index (χ1) is 8.63. The van der Waals surface area contributed by atoms with Crippen LogP contribution in [0, 0.1) is 0 Å². The van der Waals surface area contributed by atoms with Crippen molar-refractivity contribution in [3.05, 3.63) is 56.6 Å². The maximum absolute atomic E-state index is 5.88. The number of rotatable bonds is 1. The highest BCUT2D eigenvalue weighted by molar-refractivity contribution is 9.11. The zero-order valence-electron chi connectivity index (χ0n) is 9.07. The normalized spacial score (nSPS) is 11.1. The van der Waals surface area contributed by atoms with Crippen LogP contribution in [0.1, 0.15) is 0 Å². The van der Waals surface area contributed by atoms with Gasteiger partial charge in [0.15, 0.2) is 0 Å². The van der Waals surface area contributed by atoms with Crippen LogP contribution in [0.2, 0.25) is 5.02 Å². The van der Waals surface area contributed by atoms with E-state index >= 15 is 0 Å². The molecule has 2 nitrogen and oxygen atoms in total. The summed E-state index contributed by atoms with van der Waals surface area (Å²) in [4.78, 5) is 0. The van der Waals surface area contributed by atoms with Gasteiger partial charge >= 0.3 is 0 Å². The summed E-state index contributed by atoms with van der Waals surface area (Å²) in [7, 11) is 0. The van der Waals surface area contributed by atoms with E-state index in [2.05, 4.69) is 37.0 Å². The van der Waals surface area contributed by atoms with Crippen LogP contribution in [-0.2, 0) is 0 Å². The van der Waals surface area contributed by atoms with Crippen LogP contribution in [-0.4, -0.2) is 9.61 Å². The van der Waals surface area contributed by atoms with E-state index in [1.165, 1.54) is 0 Å². The molecule has 2 heterocycles. The highest BCUT2D eigenvalue weighted by atomic mass is 79.9. The molecule has 0 aliphatic carbocycles. The third kappa shape index (κ3) is 2.20. The molecule has 5 heteroatoms. The van der Waals surface area contributed by atoms with E-state index in [9.17, 15) is 0 Å². The van der Waals surface area contributed by atoms with Gasteiger partial charge in [0.25, 0.3) is 0 Å². The minimum absolute atomic E-state index is 0.728. The van der Waals surface area contributed by atoms with Crippen molar-refractivity contribution in [2.45, 2.75) is 0 Å². The van der Waals surface area contributed by atoms with Gasteiger partial charge in [-0.15, -0.1) is 0 Å². The molecule has 0 aliphatic rings. The Morgan fingerprint density at radius 2 is 1.78 bits per heavy atom. The van der Waals surface area contributed by atoms with E-state index in [-0.39, 0.29) is 0 Å². The topological polar surface area (TPSA) is 17.3 Å². The molecule has 0 amide bonds. The molecule has 3 aromatic rings. The Morgan fingerprint density at radius 3 is 2.50 bits per heavy atom. The fourth-order valence-corrected chi connectivity index (χ4v) is 3.18. The Balaban J connectivity index is 2.19. The quantitative estimate of drug-likeness (QED) is 0.563. The second kappa shape index (κ2) is 4.68. The average molecular weight is 386 g/mol. The van der Waals surface area contributed by atoms with Gasteiger partial charge in [0.05, 0.1) is 11.2 Å². The second-order valence-electron chi connectivity index (χ2n) is 3.87. The van der Waals surface area contributed by atoms with Gasteiger partial charge in [-0.2, -0.15) is 5.10 Å². The fraction of sp³-hybridized carbons (Fsp3) is 0. The van der Waals surface area contributed by atoms with Crippen molar-refractivity contribution in [3.63, 3.8) is 0 Å². The summed E-state index contributed by atoms with van der Waals surface area (Å²) in [5.74, 6) is 0. The summed E-state index contributed by atoms with van der Waals surface area (Å²) in [5.41, 5.74) is 3.00. The summed E-state index contributed by atoms with van der Waals surface area (Å²) in [5, 5.41) is 5.28. The Hall–Kier alpha value is -0.840. The van der Waals surface area contributed by atoms with Crippen LogP contribution in [0.15, 0.2) is 51.5 Å². The van der Waals surface area contributed by atoms with E-state index in [1.807, 2.05) is 47.1 Å². The number of fused-ring (bicyclic) bond motifs is 1. The molecule has 0 aliphatic heterocycles. The number of aromatic nitrogens is 2. The SMILES string of the molecule is Clc1ccc(-c2cc3c(Br)cc(Br)cn3n2)cc1. The van der Waals surface area contributed by atoms with Crippen LogP contribution < -0.4 is 0 Å². The monoisotopic (exact) mass is 384 g/mol. The lowest BCUT2D eigenvalue weighted by Crippen LogP contribution is -1.87. The van der Waals surface area contributed by atoms with Crippen molar-refractivity contribution in [1.82, 2.24) is 9.61 Å². The predicted octanol–water partition coefficient (Wildman–Crippen LogP) is 5.18. The van der Waals surface area contributed by atoms with E-state index in [0.29, 0.717) is 0 Å². The molecule has 90 valence electrons. The minimum atomic E-state index is 0.728. The van der Waals surface area contributed by atoms with E-state index in [4.69, 9.17) is 11.6 Å². The average Bonchev–Trinajstić information content (AvgIpc) is 2.74. The maximum atomic E-state index is 5.88. The molecule has 0 bridgehead atoms. The third-order valence-corrected chi connectivity index (χ3v) is 3.95. The molecule has 0 unspecified atom stereocenters. The Kier molecular flexibility index (Phi) is 3.18. The van der Waals surface area contributed by atoms with E-state index < -0.39 is 0 Å². The summed E-state index contributed by atoms with van der Waals surface area (Å²) in [6, 6.07) is 11.7. The Bertz CT molecular complexity index is 720. The Morgan fingerprint density at radius 1 is 1.06 bits per heavy atom. The van der Waals surface area contributed by atoms with Gasteiger partial charge in [-0.1, -0.05) is 23.7 Å². The smallest absolute Gasteiger partial charge is 0.0934 e. The standard InChI is InChI=1S/C13H7Br2ClN2/c14-9-5-11(15)13-6-12(17-18(13)7-9)8-1-3-10(16)4-2-8/h1-7H. The number of hydrogen-bond acceptors (Lipinski definition) is 1. The molecule has 0 N–H and O–H groups in total. The van der Waals surface area contributed by atoms with Crippen molar-refractivity contribution in [3.8, 4) is 11.3 Å². The predicted molar refractivity (Wildman–Crippen MR) is 81.0 cm³/mol. The number of nitrogens with zero attached hydrogens (tertiary/aromatic N) is 2. The summed E-state index contributed by atoms with van der Waals surface area (Å²) in [6.07, 6.45) is 1.93. The van der Waals surface area contributed by atoms with Crippen molar-refractivity contribution in [2.24, 2.45) is 0 Å². The zero-order chi connectivity index (χ0) is 12.7. The van der Waals surface area contributed by atoms with Gasteiger partial charge < -0.3 is 0 Å². The van der Waals surface area contributed by atoms with Crippen molar-refractivity contribution in [1.29, 1.82) is 0 Å². The third-order valence-electron chi connectivity index (χ3n) is 2.63. The van der Waals surface area contributed by atoms with Gasteiger partial charge in [-0.05, 0) is 56.1 Å². The van der Waals surface area contributed by atoms with Gasteiger partial charge in [-0.3, -0.25) is 0 Å². The molecule has 0 saturated heterocycles. The van der Waals surface area contributed by atoms with Gasteiger partial charge in [0, 0.05) is 25.7 Å². The summed E-state index contributed by atoms with van der Waals surface area (Å²) < 4.78 is 3.83. The largest absolute Gasteiger partial charge is 0.238 e. The van der Waals surface area contributed by atoms with Crippen LogP contribution >= 0.6 is 43.5 Å². The lowest BCUT2D eigenvalue weighted by molar-refractivity contribution is 0.958. The lowest BCUT2D eigenvalue weighted by Gasteiger charge is -1.96. The first-order valence-corrected chi connectivity index (χ1v) is 7.20. The van der Waals surface area contributed by atoms with Crippen molar-refractivity contribution >= 4 is 49.0 Å². The van der Waals surface area contributed by atoms with E-state index in [0.717, 1.165) is 30.7 Å². The number of pyridine rings is 1.